The maximum atomic E-state index is 12.6. The van der Waals surface area contributed by atoms with Gasteiger partial charge in [-0.25, -0.2) is 4.79 Å². The van der Waals surface area contributed by atoms with Gasteiger partial charge in [-0.2, -0.15) is 0 Å². The van der Waals surface area contributed by atoms with Crippen LogP contribution in [-0.4, -0.2) is 37.6 Å². The van der Waals surface area contributed by atoms with Crippen molar-refractivity contribution in [3.8, 4) is 0 Å². The first-order chi connectivity index (χ1) is 17.1. The second kappa shape index (κ2) is 12.0. The van der Waals surface area contributed by atoms with Gasteiger partial charge in [0.15, 0.2) is 0 Å². The van der Waals surface area contributed by atoms with Crippen LogP contribution in [0, 0.1) is 0 Å². The molecule has 3 aromatic carbocycles. The highest BCUT2D eigenvalue weighted by molar-refractivity contribution is 6.99. The molecular formula is C29H35NO5Si. The molecule has 0 heterocycles. The van der Waals surface area contributed by atoms with Gasteiger partial charge in [0.05, 0.1) is 18.6 Å². The van der Waals surface area contributed by atoms with Gasteiger partial charge in [-0.15, -0.1) is 0 Å². The maximum Gasteiger partial charge on any atom is 0.407 e. The largest absolute Gasteiger partial charge is 0.481 e. The number of nitrogens with one attached hydrogen (secondary N) is 1. The van der Waals surface area contributed by atoms with E-state index in [0.717, 1.165) is 15.9 Å². The number of carboxylic acid groups (broad SMARTS) is 1. The average Bonchev–Trinajstić information content (AvgIpc) is 2.86. The molecule has 0 fully saturated rings. The summed E-state index contributed by atoms with van der Waals surface area (Å²) in [7, 11) is -2.93. The van der Waals surface area contributed by atoms with E-state index in [1.807, 2.05) is 73.7 Å². The molecule has 6 nitrogen and oxygen atoms in total. The third-order valence-corrected chi connectivity index (χ3v) is 11.4. The Kier molecular flexibility index (Phi) is 9.07. The number of aliphatic carboxylic acids is 1. The molecule has 0 aliphatic heterocycles. The predicted octanol–water partition coefficient (Wildman–Crippen LogP) is 4.72. The second-order valence-corrected chi connectivity index (χ2v) is 14.1. The highest BCUT2D eigenvalue weighted by atomic mass is 28.4. The zero-order valence-corrected chi connectivity index (χ0v) is 22.3. The number of benzene rings is 3. The Morgan fingerprint density at radius 1 is 0.861 bits per heavy atom. The molecule has 7 heteroatoms. The molecule has 0 saturated carbocycles. The molecule has 190 valence electrons. The van der Waals surface area contributed by atoms with E-state index in [0.29, 0.717) is 0 Å². The van der Waals surface area contributed by atoms with Crippen LogP contribution in [0.15, 0.2) is 91.0 Å². The molecular weight excluding hydrogens is 470 g/mol. The Morgan fingerprint density at radius 3 is 1.78 bits per heavy atom. The third kappa shape index (κ3) is 6.62. The van der Waals surface area contributed by atoms with Gasteiger partial charge in [0.2, 0.25) is 0 Å². The Morgan fingerprint density at radius 2 is 1.33 bits per heavy atom. The van der Waals surface area contributed by atoms with Gasteiger partial charge in [0.1, 0.15) is 6.61 Å². The summed E-state index contributed by atoms with van der Waals surface area (Å²) in [6.07, 6.45) is -1.57. The summed E-state index contributed by atoms with van der Waals surface area (Å²) < 4.78 is 12.4. The van der Waals surface area contributed by atoms with Crippen molar-refractivity contribution in [2.75, 3.05) is 0 Å². The molecule has 0 saturated heterocycles. The fourth-order valence-corrected chi connectivity index (χ4v) is 9.23. The molecule has 3 rings (SSSR count). The minimum absolute atomic E-state index is 0.0937. The van der Waals surface area contributed by atoms with E-state index in [1.54, 1.807) is 0 Å². The maximum absolute atomic E-state index is 12.6. The van der Waals surface area contributed by atoms with Crippen LogP contribution in [0.5, 0.6) is 0 Å². The van der Waals surface area contributed by atoms with Crippen LogP contribution < -0.4 is 15.7 Å². The van der Waals surface area contributed by atoms with E-state index in [1.165, 1.54) is 0 Å². The van der Waals surface area contributed by atoms with Crippen molar-refractivity contribution >= 4 is 30.8 Å². The van der Waals surface area contributed by atoms with Crippen LogP contribution >= 0.6 is 0 Å². The molecule has 1 unspecified atom stereocenters. The van der Waals surface area contributed by atoms with E-state index in [9.17, 15) is 14.7 Å². The van der Waals surface area contributed by atoms with Gasteiger partial charge in [0.25, 0.3) is 8.32 Å². The number of carboxylic acids is 1. The minimum atomic E-state index is -2.93. The number of hydrogen-bond donors (Lipinski definition) is 2. The molecule has 0 aliphatic rings. The van der Waals surface area contributed by atoms with Gasteiger partial charge < -0.3 is 19.6 Å². The van der Waals surface area contributed by atoms with E-state index >= 15 is 0 Å². The van der Waals surface area contributed by atoms with Gasteiger partial charge in [-0.05, 0) is 27.9 Å². The molecule has 3 aromatic rings. The highest BCUT2D eigenvalue weighted by Gasteiger charge is 2.51. The van der Waals surface area contributed by atoms with Gasteiger partial charge in [-0.1, -0.05) is 112 Å². The lowest BCUT2D eigenvalue weighted by molar-refractivity contribution is -0.138. The fourth-order valence-electron chi connectivity index (χ4n) is 4.49. The third-order valence-electron chi connectivity index (χ3n) is 6.26. The smallest absolute Gasteiger partial charge is 0.407 e. The standard InChI is InChI=1S/C29H35NO5Si/c1-22(26(20-27(31)32)30-28(33)34-21-23-14-8-5-9-15-23)35-36(29(2,3)4,24-16-10-6-11-17-24)25-18-12-7-13-19-25/h5-19,22,26H,20-21H2,1-4H3,(H,30,33)(H,31,32)/t22?,26-/m0/s1. The zero-order chi connectivity index (χ0) is 26.2. The summed E-state index contributed by atoms with van der Waals surface area (Å²) in [5.74, 6) is -1.03. The van der Waals surface area contributed by atoms with Crippen LogP contribution in [-0.2, 0) is 20.6 Å². The number of carbonyl (C=O) groups is 2. The van der Waals surface area contributed by atoms with Crippen LogP contribution in [0.4, 0.5) is 4.79 Å². The molecule has 0 aliphatic carbocycles. The summed E-state index contributed by atoms with van der Waals surface area (Å²) in [6, 6.07) is 28.8. The lowest BCUT2D eigenvalue weighted by Crippen LogP contribution is -2.68. The Hall–Kier alpha value is -3.42. The van der Waals surface area contributed by atoms with Gasteiger partial charge in [-0.3, -0.25) is 4.79 Å². The van der Waals surface area contributed by atoms with Crippen LogP contribution in [0.1, 0.15) is 39.7 Å². The van der Waals surface area contributed by atoms with Crippen molar-refractivity contribution in [2.45, 2.75) is 57.9 Å². The summed E-state index contributed by atoms with van der Waals surface area (Å²) in [4.78, 5) is 24.4. The quantitative estimate of drug-likeness (QED) is 0.390. The second-order valence-electron chi connectivity index (χ2n) is 9.90. The summed E-state index contributed by atoms with van der Waals surface area (Å²) in [5.41, 5.74) is 0.846. The van der Waals surface area contributed by atoms with Crippen molar-refractivity contribution in [3.63, 3.8) is 0 Å². The number of ether oxygens (including phenoxy) is 1. The number of rotatable bonds is 10. The number of amides is 1. The molecule has 0 bridgehead atoms. The van der Waals surface area contributed by atoms with Crippen molar-refractivity contribution in [3.05, 3.63) is 96.6 Å². The van der Waals surface area contributed by atoms with E-state index in [2.05, 4.69) is 50.4 Å². The normalized spacial score (nSPS) is 13.4. The van der Waals surface area contributed by atoms with Crippen molar-refractivity contribution in [1.82, 2.24) is 5.32 Å². The highest BCUT2D eigenvalue weighted by Crippen LogP contribution is 2.38. The monoisotopic (exact) mass is 505 g/mol. The lowest BCUT2D eigenvalue weighted by atomic mass is 10.1. The molecule has 0 aromatic heterocycles. The van der Waals surface area contributed by atoms with Crippen molar-refractivity contribution in [2.24, 2.45) is 0 Å². The Balaban J connectivity index is 1.91. The number of hydrogen-bond acceptors (Lipinski definition) is 4. The SMILES string of the molecule is CC(O[Si](c1ccccc1)(c1ccccc1)C(C)(C)C)[C@H](CC(=O)O)NC(=O)OCc1ccccc1. The number of alkyl carbamates (subject to hydrolysis) is 1. The first-order valence-electron chi connectivity index (χ1n) is 12.1. The summed E-state index contributed by atoms with van der Waals surface area (Å²) in [5, 5.41) is 14.2. The summed E-state index contributed by atoms with van der Waals surface area (Å²) >= 11 is 0. The molecule has 0 spiro atoms. The number of carbonyl (C=O) groups excluding carboxylic acids is 1. The molecule has 0 radical (unpaired) electrons. The average molecular weight is 506 g/mol. The van der Waals surface area contributed by atoms with Crippen molar-refractivity contribution < 1.29 is 23.9 Å². The van der Waals surface area contributed by atoms with Crippen LogP contribution in [0.3, 0.4) is 0 Å². The first kappa shape index (κ1) is 27.2. The molecule has 2 atom stereocenters. The molecule has 2 N–H and O–H groups in total. The van der Waals surface area contributed by atoms with E-state index in [4.69, 9.17) is 9.16 Å². The van der Waals surface area contributed by atoms with Crippen LogP contribution in [0.2, 0.25) is 5.04 Å². The predicted molar refractivity (Wildman–Crippen MR) is 144 cm³/mol. The van der Waals surface area contributed by atoms with E-state index in [-0.39, 0.29) is 18.1 Å². The van der Waals surface area contributed by atoms with Gasteiger partial charge in [0, 0.05) is 0 Å². The van der Waals surface area contributed by atoms with Gasteiger partial charge >= 0.3 is 12.1 Å². The Bertz CT molecular complexity index is 1080. The molecule has 1 amide bonds. The summed E-state index contributed by atoms with van der Waals surface area (Å²) in [6.45, 7) is 8.37. The Labute approximate surface area is 214 Å². The first-order valence-corrected chi connectivity index (χ1v) is 14.0. The molecule has 36 heavy (non-hydrogen) atoms. The fraction of sp³-hybridized carbons (Fsp3) is 0.310. The zero-order valence-electron chi connectivity index (χ0n) is 21.3. The minimum Gasteiger partial charge on any atom is -0.481 e. The lowest BCUT2D eigenvalue weighted by Gasteiger charge is -2.45. The van der Waals surface area contributed by atoms with Crippen molar-refractivity contribution in [1.29, 1.82) is 0 Å². The van der Waals surface area contributed by atoms with Crippen LogP contribution in [0.25, 0.3) is 0 Å². The topological polar surface area (TPSA) is 84.9 Å². The van der Waals surface area contributed by atoms with E-state index < -0.39 is 32.5 Å².